The first kappa shape index (κ1) is 22.0. The Morgan fingerprint density at radius 2 is 1.94 bits per heavy atom. The van der Waals surface area contributed by atoms with E-state index in [4.69, 9.17) is 11.6 Å². The summed E-state index contributed by atoms with van der Waals surface area (Å²) in [5, 5.41) is 16.6. The van der Waals surface area contributed by atoms with E-state index in [-0.39, 0.29) is 11.3 Å². The van der Waals surface area contributed by atoms with Crippen LogP contribution >= 0.6 is 11.6 Å². The number of aromatic nitrogens is 3. The normalized spacial score (nSPS) is 42.5. The van der Waals surface area contributed by atoms with Gasteiger partial charge < -0.3 is 5.11 Å². The minimum Gasteiger partial charge on any atom is -0.390 e. The summed E-state index contributed by atoms with van der Waals surface area (Å²) in [6.07, 6.45) is 14.0. The summed E-state index contributed by atoms with van der Waals surface area (Å²) in [6.45, 7) is 4.80. The van der Waals surface area contributed by atoms with E-state index in [9.17, 15) is 9.90 Å². The molecule has 0 bridgehead atoms. The Labute approximate surface area is 201 Å². The first-order valence-corrected chi connectivity index (χ1v) is 13.4. The zero-order valence-corrected chi connectivity index (χ0v) is 20.6. The van der Waals surface area contributed by atoms with Crippen LogP contribution in [-0.4, -0.2) is 31.3 Å². The van der Waals surface area contributed by atoms with Crippen LogP contribution in [0.3, 0.4) is 0 Å². The van der Waals surface area contributed by atoms with Crippen molar-refractivity contribution in [3.8, 4) is 0 Å². The van der Waals surface area contributed by atoms with Crippen LogP contribution in [0.1, 0.15) is 71.6 Å². The molecule has 8 atom stereocenters. The Hall–Kier alpha value is -1.46. The van der Waals surface area contributed by atoms with E-state index in [1.54, 1.807) is 16.9 Å². The highest BCUT2D eigenvalue weighted by atomic mass is 35.5. The Kier molecular flexibility index (Phi) is 5.19. The second-order valence-electron chi connectivity index (χ2n) is 12.2. The van der Waals surface area contributed by atoms with E-state index in [1.807, 2.05) is 13.1 Å². The fourth-order valence-corrected chi connectivity index (χ4v) is 9.08. The zero-order chi connectivity index (χ0) is 23.0. The van der Waals surface area contributed by atoms with Crippen molar-refractivity contribution in [2.75, 3.05) is 0 Å². The zero-order valence-electron chi connectivity index (χ0n) is 19.8. The maximum atomic E-state index is 13.5. The van der Waals surface area contributed by atoms with Gasteiger partial charge in [-0.1, -0.05) is 18.5 Å². The Morgan fingerprint density at radius 3 is 2.79 bits per heavy atom. The summed E-state index contributed by atoms with van der Waals surface area (Å²) < 4.78 is 1.78. The molecule has 4 aliphatic carbocycles. The van der Waals surface area contributed by atoms with Crippen molar-refractivity contribution in [3.05, 3.63) is 23.6 Å². The number of ketones is 1. The lowest BCUT2D eigenvalue weighted by Gasteiger charge is -2.56. The monoisotopic (exact) mass is 469 g/mol. The number of carbonyl (C=O) groups excluding carboxylic acids is 1. The largest absolute Gasteiger partial charge is 0.390 e. The maximum absolute atomic E-state index is 13.5. The first-order chi connectivity index (χ1) is 15.7. The molecule has 178 valence electrons. The fourth-order valence-electron chi connectivity index (χ4n) is 8.91. The van der Waals surface area contributed by atoms with Crippen molar-refractivity contribution in [2.24, 2.45) is 40.9 Å². The van der Waals surface area contributed by atoms with Gasteiger partial charge in [0.2, 0.25) is 0 Å². The molecule has 0 spiro atoms. The molecule has 4 aliphatic rings. The van der Waals surface area contributed by atoms with Gasteiger partial charge in [-0.3, -0.25) is 9.48 Å². The van der Waals surface area contributed by atoms with Crippen LogP contribution in [0.15, 0.2) is 18.5 Å². The molecular weight excluding hydrogens is 434 g/mol. The molecule has 2 heterocycles. The predicted molar refractivity (Wildman–Crippen MR) is 129 cm³/mol. The molecule has 0 saturated heterocycles. The maximum Gasteiger partial charge on any atom is 0.157 e. The number of carbonyl (C=O) groups is 1. The van der Waals surface area contributed by atoms with Crippen molar-refractivity contribution in [1.29, 1.82) is 0 Å². The molecule has 6 heteroatoms. The number of aliphatic hydroxyl groups is 1. The molecule has 5 nitrogen and oxygen atoms in total. The number of halogens is 1. The summed E-state index contributed by atoms with van der Waals surface area (Å²) in [4.78, 5) is 17.7. The van der Waals surface area contributed by atoms with Gasteiger partial charge in [0.05, 0.1) is 18.3 Å². The van der Waals surface area contributed by atoms with Crippen LogP contribution in [-0.2, 0) is 11.3 Å². The van der Waals surface area contributed by atoms with Gasteiger partial charge in [0, 0.05) is 17.5 Å². The van der Waals surface area contributed by atoms with E-state index in [1.165, 1.54) is 38.5 Å². The molecule has 0 aliphatic heterocycles. The Morgan fingerprint density at radius 1 is 1.12 bits per heavy atom. The molecule has 0 amide bonds. The van der Waals surface area contributed by atoms with Gasteiger partial charge in [0.1, 0.15) is 10.7 Å². The molecule has 8 unspecified atom stereocenters. The van der Waals surface area contributed by atoms with Gasteiger partial charge in [0.25, 0.3) is 0 Å². The third kappa shape index (κ3) is 3.65. The van der Waals surface area contributed by atoms with Crippen LogP contribution in [0.25, 0.3) is 10.9 Å². The highest BCUT2D eigenvalue weighted by molar-refractivity contribution is 6.30. The molecule has 4 saturated carbocycles. The Bertz CT molecular complexity index is 1080. The second kappa shape index (κ2) is 7.78. The van der Waals surface area contributed by atoms with E-state index >= 15 is 0 Å². The smallest absolute Gasteiger partial charge is 0.157 e. The molecule has 2 aromatic heterocycles. The van der Waals surface area contributed by atoms with Gasteiger partial charge in [-0.2, -0.15) is 5.10 Å². The highest BCUT2D eigenvalue weighted by Crippen LogP contribution is 2.64. The lowest BCUT2D eigenvalue weighted by atomic mass is 9.49. The number of fused-ring (bicyclic) bond motifs is 6. The lowest BCUT2D eigenvalue weighted by Crippen LogP contribution is -2.51. The summed E-state index contributed by atoms with van der Waals surface area (Å²) in [6, 6.07) is 1.81. The van der Waals surface area contributed by atoms with E-state index in [0.29, 0.717) is 29.3 Å². The van der Waals surface area contributed by atoms with Crippen LogP contribution in [0, 0.1) is 40.9 Å². The summed E-state index contributed by atoms with van der Waals surface area (Å²) in [5.41, 5.74) is 0.454. The van der Waals surface area contributed by atoms with Crippen LogP contribution in [0.2, 0.25) is 5.15 Å². The second-order valence-corrected chi connectivity index (χ2v) is 12.6. The fraction of sp³-hybridized carbons (Fsp3) is 0.741. The van der Waals surface area contributed by atoms with Crippen molar-refractivity contribution in [3.63, 3.8) is 0 Å². The van der Waals surface area contributed by atoms with Crippen LogP contribution in [0.5, 0.6) is 0 Å². The lowest BCUT2D eigenvalue weighted by molar-refractivity contribution is -0.133. The third-order valence-corrected chi connectivity index (χ3v) is 10.6. The third-order valence-electron chi connectivity index (χ3n) is 10.3. The summed E-state index contributed by atoms with van der Waals surface area (Å²) in [7, 11) is 0. The van der Waals surface area contributed by atoms with Crippen LogP contribution < -0.4 is 0 Å². The minimum absolute atomic E-state index is 0.128. The van der Waals surface area contributed by atoms with E-state index in [2.05, 4.69) is 17.0 Å². The predicted octanol–water partition coefficient (Wildman–Crippen LogP) is 5.67. The number of rotatable bonds is 3. The quantitative estimate of drug-likeness (QED) is 0.587. The van der Waals surface area contributed by atoms with Crippen molar-refractivity contribution in [1.82, 2.24) is 14.8 Å². The summed E-state index contributed by atoms with van der Waals surface area (Å²) >= 11 is 6.02. The van der Waals surface area contributed by atoms with Gasteiger partial charge in [-0.15, -0.1) is 0 Å². The number of pyridine rings is 1. The molecular formula is C27H36ClN3O2. The average molecular weight is 470 g/mol. The average Bonchev–Trinajstić information content (AvgIpc) is 3.32. The first-order valence-electron chi connectivity index (χ1n) is 13.0. The minimum atomic E-state index is -0.458. The molecule has 33 heavy (non-hydrogen) atoms. The van der Waals surface area contributed by atoms with Gasteiger partial charge >= 0.3 is 0 Å². The molecule has 0 radical (unpaired) electrons. The molecule has 0 aromatic carbocycles. The van der Waals surface area contributed by atoms with Crippen molar-refractivity contribution >= 4 is 28.3 Å². The summed E-state index contributed by atoms with van der Waals surface area (Å²) in [5.74, 6) is 4.23. The molecule has 1 N–H and O–H groups in total. The van der Waals surface area contributed by atoms with E-state index in [0.717, 1.165) is 47.9 Å². The standard InChI is InChI=1S/C27H36ClN3O2/c1-26(33)9-7-18-16(12-26)3-4-20-19(18)8-10-27(2)21(20)5-6-22(27)24(32)15-31-14-17-11-25(28)29-13-23(17)30-31/h11,13-14,16,18-22,33H,3-10,12,15H2,1-2H3. The van der Waals surface area contributed by atoms with Crippen molar-refractivity contribution in [2.45, 2.75) is 83.8 Å². The molecule has 6 rings (SSSR count). The number of hydrogen-bond donors (Lipinski definition) is 1. The number of hydrogen-bond acceptors (Lipinski definition) is 4. The SMILES string of the molecule is CC1(O)CCC2C(CCC3C2CCC2(C)C(C(=O)Cn4cc5cc(Cl)ncc5n4)CCC32)C1. The van der Waals surface area contributed by atoms with Crippen LogP contribution in [0.4, 0.5) is 0 Å². The van der Waals surface area contributed by atoms with Gasteiger partial charge in [-0.25, -0.2) is 4.98 Å². The number of Topliss-reactive ketones (excluding diaryl/α,β-unsaturated/α-hetero) is 1. The Balaban J connectivity index is 1.18. The molecule has 2 aromatic rings. The molecule has 4 fully saturated rings. The van der Waals surface area contributed by atoms with E-state index < -0.39 is 5.60 Å². The van der Waals surface area contributed by atoms with Gasteiger partial charge in [0.15, 0.2) is 5.78 Å². The highest BCUT2D eigenvalue weighted by Gasteiger charge is 2.58. The number of nitrogens with zero attached hydrogens (tertiary/aromatic N) is 3. The topological polar surface area (TPSA) is 68.0 Å². The van der Waals surface area contributed by atoms with Gasteiger partial charge in [-0.05, 0) is 106 Å². The van der Waals surface area contributed by atoms with Crippen molar-refractivity contribution < 1.29 is 9.90 Å².